The fourth-order valence-corrected chi connectivity index (χ4v) is 1.97. The normalized spacial score (nSPS) is 10.8. The molecule has 0 atom stereocenters. The van der Waals surface area contributed by atoms with Crippen LogP contribution in [0.5, 0.6) is 0 Å². The van der Waals surface area contributed by atoms with Crippen LogP contribution in [0.15, 0.2) is 12.1 Å². The first-order valence-corrected chi connectivity index (χ1v) is 6.03. The SMILES string of the molecule is CCCc1nc(-c2cc(Cl)c(N)c(Cl)c2)n[nH]1. The van der Waals surface area contributed by atoms with Crippen molar-refractivity contribution in [2.45, 2.75) is 19.8 Å². The van der Waals surface area contributed by atoms with Gasteiger partial charge in [0, 0.05) is 12.0 Å². The van der Waals surface area contributed by atoms with E-state index in [0.717, 1.165) is 24.2 Å². The highest BCUT2D eigenvalue weighted by atomic mass is 35.5. The maximum atomic E-state index is 5.96. The van der Waals surface area contributed by atoms with E-state index in [1.54, 1.807) is 12.1 Å². The molecule has 2 aromatic rings. The molecule has 2 rings (SSSR count). The van der Waals surface area contributed by atoms with Crippen molar-refractivity contribution >= 4 is 28.9 Å². The molecule has 90 valence electrons. The van der Waals surface area contributed by atoms with Crippen LogP contribution in [-0.2, 0) is 6.42 Å². The molecule has 0 aliphatic rings. The Labute approximate surface area is 109 Å². The van der Waals surface area contributed by atoms with Gasteiger partial charge in [0.1, 0.15) is 5.82 Å². The van der Waals surface area contributed by atoms with E-state index in [9.17, 15) is 0 Å². The topological polar surface area (TPSA) is 67.6 Å². The Morgan fingerprint density at radius 2 is 1.94 bits per heavy atom. The van der Waals surface area contributed by atoms with Crippen LogP contribution in [0.3, 0.4) is 0 Å². The van der Waals surface area contributed by atoms with Crippen molar-refractivity contribution in [2.24, 2.45) is 0 Å². The minimum atomic E-state index is 0.376. The summed E-state index contributed by atoms with van der Waals surface area (Å²) in [6.45, 7) is 2.08. The van der Waals surface area contributed by atoms with E-state index in [1.807, 2.05) is 0 Å². The molecule has 1 heterocycles. The third-order valence-electron chi connectivity index (χ3n) is 2.36. The van der Waals surface area contributed by atoms with Crippen LogP contribution in [0.2, 0.25) is 10.0 Å². The summed E-state index contributed by atoms with van der Waals surface area (Å²) in [5.41, 5.74) is 6.80. The summed E-state index contributed by atoms with van der Waals surface area (Å²) in [5, 5.41) is 7.83. The Bertz CT molecular complexity index is 513. The Hall–Kier alpha value is -1.26. The van der Waals surface area contributed by atoms with Crippen molar-refractivity contribution in [2.75, 3.05) is 5.73 Å². The fourth-order valence-electron chi connectivity index (χ4n) is 1.49. The van der Waals surface area contributed by atoms with Crippen molar-refractivity contribution in [3.05, 3.63) is 28.0 Å². The molecule has 17 heavy (non-hydrogen) atoms. The number of nitrogen functional groups attached to an aromatic ring is 1. The number of nitrogens with two attached hydrogens (primary N) is 1. The quantitative estimate of drug-likeness (QED) is 0.841. The summed E-state index contributed by atoms with van der Waals surface area (Å²) in [4.78, 5) is 4.36. The zero-order valence-corrected chi connectivity index (χ0v) is 10.8. The van der Waals surface area contributed by atoms with Crippen molar-refractivity contribution < 1.29 is 0 Å². The van der Waals surface area contributed by atoms with Crippen LogP contribution < -0.4 is 5.73 Å². The molecule has 0 radical (unpaired) electrons. The molecule has 1 aromatic carbocycles. The summed E-state index contributed by atoms with van der Waals surface area (Å²) >= 11 is 11.9. The van der Waals surface area contributed by atoms with Crippen LogP contribution in [0.1, 0.15) is 19.2 Å². The lowest BCUT2D eigenvalue weighted by molar-refractivity contribution is 0.841. The van der Waals surface area contributed by atoms with E-state index in [0.29, 0.717) is 21.6 Å². The maximum Gasteiger partial charge on any atom is 0.181 e. The van der Waals surface area contributed by atoms with Gasteiger partial charge in [-0.05, 0) is 18.6 Å². The first kappa shape index (κ1) is 12.2. The number of hydrogen-bond donors (Lipinski definition) is 2. The van der Waals surface area contributed by atoms with Gasteiger partial charge in [0.15, 0.2) is 5.82 Å². The van der Waals surface area contributed by atoms with Crippen LogP contribution in [-0.4, -0.2) is 15.2 Å². The smallest absolute Gasteiger partial charge is 0.181 e. The van der Waals surface area contributed by atoms with Crippen molar-refractivity contribution in [1.82, 2.24) is 15.2 Å². The Morgan fingerprint density at radius 3 is 2.53 bits per heavy atom. The second-order valence-electron chi connectivity index (χ2n) is 3.71. The van der Waals surface area contributed by atoms with Gasteiger partial charge in [0.25, 0.3) is 0 Å². The number of halogens is 2. The number of nitrogens with zero attached hydrogens (tertiary/aromatic N) is 2. The van der Waals surface area contributed by atoms with Crippen LogP contribution in [0.25, 0.3) is 11.4 Å². The first-order chi connectivity index (χ1) is 8.11. The summed E-state index contributed by atoms with van der Waals surface area (Å²) in [5.74, 6) is 1.43. The second kappa shape index (κ2) is 4.94. The lowest BCUT2D eigenvalue weighted by atomic mass is 10.2. The molecule has 1 aromatic heterocycles. The van der Waals surface area contributed by atoms with E-state index in [1.165, 1.54) is 0 Å². The Balaban J connectivity index is 2.39. The average Bonchev–Trinajstić information content (AvgIpc) is 2.74. The maximum absolute atomic E-state index is 5.96. The van der Waals surface area contributed by atoms with Gasteiger partial charge < -0.3 is 5.73 Å². The highest BCUT2D eigenvalue weighted by molar-refractivity contribution is 6.39. The number of aromatic nitrogens is 3. The third-order valence-corrected chi connectivity index (χ3v) is 2.98. The van der Waals surface area contributed by atoms with E-state index in [2.05, 4.69) is 22.1 Å². The van der Waals surface area contributed by atoms with E-state index in [-0.39, 0.29) is 0 Å². The molecule has 0 aliphatic heterocycles. The zero-order valence-electron chi connectivity index (χ0n) is 9.30. The summed E-state index contributed by atoms with van der Waals surface area (Å²) in [7, 11) is 0. The highest BCUT2D eigenvalue weighted by Crippen LogP contribution is 2.32. The number of H-pyrrole nitrogens is 1. The van der Waals surface area contributed by atoms with Gasteiger partial charge in [0.2, 0.25) is 0 Å². The molecule has 0 saturated carbocycles. The lowest BCUT2D eigenvalue weighted by Crippen LogP contribution is -1.90. The minimum Gasteiger partial charge on any atom is -0.396 e. The van der Waals surface area contributed by atoms with Crippen molar-refractivity contribution in [3.63, 3.8) is 0 Å². The Morgan fingerprint density at radius 1 is 1.29 bits per heavy atom. The summed E-state index contributed by atoms with van der Waals surface area (Å²) in [6.07, 6.45) is 1.88. The molecule has 0 unspecified atom stereocenters. The number of anilines is 1. The number of hydrogen-bond acceptors (Lipinski definition) is 3. The number of rotatable bonds is 3. The van der Waals surface area contributed by atoms with Gasteiger partial charge in [-0.15, -0.1) is 0 Å². The fraction of sp³-hybridized carbons (Fsp3) is 0.273. The molecular weight excluding hydrogens is 259 g/mol. The predicted octanol–water partition coefficient (Wildman–Crippen LogP) is 3.31. The predicted molar refractivity (Wildman–Crippen MR) is 70.2 cm³/mol. The van der Waals surface area contributed by atoms with Crippen LogP contribution in [0, 0.1) is 0 Å². The number of benzene rings is 1. The highest BCUT2D eigenvalue weighted by Gasteiger charge is 2.10. The largest absolute Gasteiger partial charge is 0.396 e. The van der Waals surface area contributed by atoms with Crippen molar-refractivity contribution in [1.29, 1.82) is 0 Å². The number of aromatic amines is 1. The van der Waals surface area contributed by atoms with Crippen molar-refractivity contribution in [3.8, 4) is 11.4 Å². The van der Waals surface area contributed by atoms with Crippen LogP contribution in [0.4, 0.5) is 5.69 Å². The standard InChI is InChI=1S/C11H12Cl2N4/c1-2-3-9-15-11(17-16-9)6-4-7(12)10(14)8(13)5-6/h4-5H,2-3,14H2,1H3,(H,15,16,17). The minimum absolute atomic E-state index is 0.376. The molecule has 0 spiro atoms. The third kappa shape index (κ3) is 2.53. The molecule has 0 aliphatic carbocycles. The number of nitrogens with one attached hydrogen (secondary N) is 1. The molecule has 0 amide bonds. The molecule has 6 heteroatoms. The summed E-state index contributed by atoms with van der Waals surface area (Å²) in [6, 6.07) is 3.42. The van der Waals surface area contributed by atoms with E-state index >= 15 is 0 Å². The van der Waals surface area contributed by atoms with Gasteiger partial charge in [-0.1, -0.05) is 30.1 Å². The molecule has 0 saturated heterocycles. The molecule has 4 nitrogen and oxygen atoms in total. The van der Waals surface area contributed by atoms with Gasteiger partial charge >= 0.3 is 0 Å². The second-order valence-corrected chi connectivity index (χ2v) is 4.52. The lowest BCUT2D eigenvalue weighted by Gasteiger charge is -2.03. The molecular formula is C11H12Cl2N4. The summed E-state index contributed by atoms with van der Waals surface area (Å²) < 4.78 is 0. The monoisotopic (exact) mass is 270 g/mol. The van der Waals surface area contributed by atoms with Gasteiger partial charge in [-0.3, -0.25) is 5.10 Å². The molecule has 0 fully saturated rings. The molecule has 3 N–H and O–H groups in total. The number of aryl methyl sites for hydroxylation is 1. The van der Waals surface area contributed by atoms with Crippen LogP contribution >= 0.6 is 23.2 Å². The zero-order chi connectivity index (χ0) is 12.4. The van der Waals surface area contributed by atoms with Gasteiger partial charge in [0.05, 0.1) is 15.7 Å². The molecule has 0 bridgehead atoms. The van der Waals surface area contributed by atoms with Gasteiger partial charge in [-0.25, -0.2) is 4.98 Å². The van der Waals surface area contributed by atoms with E-state index < -0.39 is 0 Å². The average molecular weight is 271 g/mol. The Kier molecular flexibility index (Phi) is 3.54. The van der Waals surface area contributed by atoms with Gasteiger partial charge in [-0.2, -0.15) is 5.10 Å². The first-order valence-electron chi connectivity index (χ1n) is 5.28. The van der Waals surface area contributed by atoms with E-state index in [4.69, 9.17) is 28.9 Å².